The van der Waals surface area contributed by atoms with E-state index in [1.165, 1.54) is 93.6 Å². The molecule has 5 amide bonds. The quantitative estimate of drug-likeness (QED) is 0.0545. The van der Waals surface area contributed by atoms with Gasteiger partial charge in [0.15, 0.2) is 11.6 Å². The van der Waals surface area contributed by atoms with Crippen molar-refractivity contribution in [2.45, 2.75) is 142 Å². The molecule has 564 valence electrons. The molecule has 10 aromatic rings. The number of ether oxygens (including phenoxy) is 1. The molecule has 10 aromatic carbocycles. The highest BCUT2D eigenvalue weighted by Gasteiger charge is 2.37. The molecule has 0 aromatic heterocycles. The first-order valence-corrected chi connectivity index (χ1v) is 36.4. The molecular formula is C88H86ClF4N5O11. The Bertz CT molecular complexity index is 4900. The Morgan fingerprint density at radius 1 is 0.376 bits per heavy atom. The fourth-order valence-corrected chi connectivity index (χ4v) is 14.9. The number of aryl methyl sites for hydroxylation is 11. The average Bonchev–Trinajstić information content (AvgIpc) is 1.66. The molecule has 5 aliphatic rings. The van der Waals surface area contributed by atoms with Gasteiger partial charge in [-0.05, 0) is 228 Å². The topological polar surface area (TPSA) is 256 Å². The molecule has 5 aliphatic carbocycles. The zero-order chi connectivity index (χ0) is 78.1. The molecule has 16 nitrogen and oxygen atoms in total. The molecule has 0 bridgehead atoms. The number of phenols is 5. The van der Waals surface area contributed by atoms with Gasteiger partial charge in [-0.2, -0.15) is 13.2 Å². The van der Waals surface area contributed by atoms with Crippen LogP contribution in [0.3, 0.4) is 0 Å². The fraction of sp³-hybridized carbons (Fsp3) is 0.261. The van der Waals surface area contributed by atoms with E-state index in [4.69, 9.17) is 16.3 Å². The van der Waals surface area contributed by atoms with Crippen LogP contribution in [0.2, 0.25) is 5.02 Å². The van der Waals surface area contributed by atoms with E-state index in [-0.39, 0.29) is 87.4 Å². The summed E-state index contributed by atoms with van der Waals surface area (Å²) in [5, 5.41) is 64.1. The molecule has 0 fully saturated rings. The van der Waals surface area contributed by atoms with E-state index in [1.54, 1.807) is 36.4 Å². The zero-order valence-corrected chi connectivity index (χ0v) is 62.1. The fourth-order valence-electron chi connectivity index (χ4n) is 14.7. The van der Waals surface area contributed by atoms with Crippen molar-refractivity contribution in [2.75, 3.05) is 7.11 Å². The van der Waals surface area contributed by atoms with Gasteiger partial charge in [0.1, 0.15) is 34.3 Å². The van der Waals surface area contributed by atoms with Crippen LogP contribution in [0, 0.1) is 47.4 Å². The van der Waals surface area contributed by atoms with E-state index in [2.05, 4.69) is 108 Å². The molecule has 15 rings (SSSR count). The summed E-state index contributed by atoms with van der Waals surface area (Å²) >= 11 is 5.88. The van der Waals surface area contributed by atoms with Crippen molar-refractivity contribution < 1.29 is 71.8 Å². The maximum Gasteiger partial charge on any atom is 0.419 e. The predicted octanol–water partition coefficient (Wildman–Crippen LogP) is 17.7. The average molecular weight is 1500 g/mol. The molecule has 0 aliphatic heterocycles. The smallest absolute Gasteiger partial charge is 0.419 e. The minimum atomic E-state index is -4.71. The van der Waals surface area contributed by atoms with Crippen molar-refractivity contribution in [3.8, 4) is 34.5 Å². The van der Waals surface area contributed by atoms with Crippen LogP contribution in [0.1, 0.15) is 209 Å². The van der Waals surface area contributed by atoms with Gasteiger partial charge < -0.3 is 56.9 Å². The lowest BCUT2D eigenvalue weighted by molar-refractivity contribution is -0.138. The molecule has 0 heterocycles. The normalized spacial score (nSPS) is 16.5. The summed E-state index contributed by atoms with van der Waals surface area (Å²) < 4.78 is 57.0. The van der Waals surface area contributed by atoms with Crippen molar-refractivity contribution in [3.05, 3.63) is 315 Å². The monoisotopic (exact) mass is 1500 g/mol. The van der Waals surface area contributed by atoms with Gasteiger partial charge in [-0.3, -0.25) is 24.0 Å². The second kappa shape index (κ2) is 34.1. The molecule has 0 spiro atoms. The SMILES string of the molecule is COc1cccc(O)c1C(=O)N[C@@H]1CCc2cc(C)ccc21.Cc1ccc2c(c1)CC[C@H]2NC(=O)c1cc(C)ccc1O.Cc1ccc2c(c1)CC[C@H]2NC(=O)c1cc(Cl)ccc1O.Cc1ccc2c(c1)CC[C@H]2NC(=O)c1cccc(C(F)(F)F)c1O.Cc1ccc2c(c1)CC[C@H]2NC(=O)c1cccc(F)c1O. The van der Waals surface area contributed by atoms with Gasteiger partial charge in [0, 0.05) is 5.02 Å². The van der Waals surface area contributed by atoms with Crippen LogP contribution in [-0.4, -0.2) is 62.2 Å². The minimum absolute atomic E-state index is 0.00789. The standard InChI is InChI=1S/C18H16F3NO2.C18H19NO3.C18H19NO2.C17H16ClNO2.C17H16FNO2/c1-10-5-7-12-11(9-10)6-8-15(12)22-17(24)13-3-2-4-14(16(13)23)18(19,20)21;1-11-6-8-13-12(10-11)7-9-14(13)19-18(21)17-15(20)4-3-5-16(17)22-2;1-11-3-6-14-13(9-11)5-7-16(14)19-18(21)15-10-12(2)4-8-17(15)20;1-10-2-5-13-11(8-10)3-6-15(13)19-17(21)14-9-12(18)4-7-16(14)20;1-10-5-7-12-11(9-10)6-8-15(12)19-17(21)13-3-2-4-14(18)16(13)20/h2-5,7,9,15,23H,6,8H2,1H3,(H,22,24);3-6,8,10,14,20H,7,9H2,1-2H3,(H,19,21);3-4,6,8-10,16,20H,5,7H2,1-2H3,(H,19,21);2,4-5,7-9,15,20H,3,6H2,1H3,(H,19,21);2-5,7,9,15,20H,6,8H2,1H3,(H,19,21)/t15-;14-;16-;2*15-/m11111/s1. The lowest BCUT2D eigenvalue weighted by atomic mass is 10.0. The molecular weight excluding hydrogens is 1410 g/mol. The summed E-state index contributed by atoms with van der Waals surface area (Å²) in [6.45, 7) is 12.1. The number of amides is 5. The molecule has 0 unspecified atom stereocenters. The number of hydrogen-bond donors (Lipinski definition) is 10. The highest BCUT2D eigenvalue weighted by molar-refractivity contribution is 6.31. The molecule has 0 radical (unpaired) electrons. The number of methoxy groups -OCH3 is 1. The van der Waals surface area contributed by atoms with Gasteiger partial charge in [-0.15, -0.1) is 0 Å². The van der Waals surface area contributed by atoms with Crippen LogP contribution < -0.4 is 31.3 Å². The Morgan fingerprint density at radius 2 is 0.697 bits per heavy atom. The molecule has 5 atom stereocenters. The molecule has 109 heavy (non-hydrogen) atoms. The van der Waals surface area contributed by atoms with E-state index in [9.17, 15) is 67.1 Å². The van der Waals surface area contributed by atoms with Crippen molar-refractivity contribution in [3.63, 3.8) is 0 Å². The first-order valence-electron chi connectivity index (χ1n) is 36.0. The lowest BCUT2D eigenvalue weighted by Gasteiger charge is -2.16. The Labute approximate surface area is 635 Å². The van der Waals surface area contributed by atoms with E-state index in [0.717, 1.165) is 115 Å². The molecule has 21 heteroatoms. The Balaban J connectivity index is 0.000000135. The number of fused-ring (bicyclic) bond motifs is 5. The van der Waals surface area contributed by atoms with E-state index < -0.39 is 40.9 Å². The summed E-state index contributed by atoms with van der Waals surface area (Å²) in [5.74, 6) is -4.14. The third-order valence-corrected chi connectivity index (χ3v) is 20.5. The highest BCUT2D eigenvalue weighted by Crippen LogP contribution is 2.41. The number of aromatic hydroxyl groups is 5. The maximum absolute atomic E-state index is 13.3. The third-order valence-electron chi connectivity index (χ3n) is 20.3. The number of carbonyl (C=O) groups excluding carboxylic acids is 5. The second-order valence-electron chi connectivity index (χ2n) is 28.2. The van der Waals surface area contributed by atoms with Crippen molar-refractivity contribution in [1.82, 2.24) is 26.6 Å². The van der Waals surface area contributed by atoms with E-state index >= 15 is 0 Å². The number of rotatable bonds is 11. The van der Waals surface area contributed by atoms with Gasteiger partial charge in [-0.25, -0.2) is 4.39 Å². The van der Waals surface area contributed by atoms with E-state index in [1.807, 2.05) is 51.1 Å². The summed E-state index contributed by atoms with van der Waals surface area (Å²) in [6.07, 6.45) is 4.09. The van der Waals surface area contributed by atoms with Crippen LogP contribution in [-0.2, 0) is 38.3 Å². The summed E-state index contributed by atoms with van der Waals surface area (Å²) in [7, 11) is 1.49. The largest absolute Gasteiger partial charge is 0.507 e. The summed E-state index contributed by atoms with van der Waals surface area (Å²) in [4.78, 5) is 61.8. The number of halogens is 5. The number of alkyl halides is 3. The van der Waals surface area contributed by atoms with Gasteiger partial charge in [0.2, 0.25) is 0 Å². The van der Waals surface area contributed by atoms with Crippen LogP contribution in [0.4, 0.5) is 17.6 Å². The summed E-state index contributed by atoms with van der Waals surface area (Å²) in [5.41, 5.74) is 18.0. The Kier molecular flexibility index (Phi) is 24.5. The predicted molar refractivity (Wildman–Crippen MR) is 410 cm³/mol. The lowest BCUT2D eigenvalue weighted by Crippen LogP contribution is -2.27. The van der Waals surface area contributed by atoms with Crippen LogP contribution in [0.25, 0.3) is 0 Å². The molecule has 0 saturated carbocycles. The van der Waals surface area contributed by atoms with Gasteiger partial charge >= 0.3 is 6.18 Å². The van der Waals surface area contributed by atoms with Crippen LogP contribution in [0.5, 0.6) is 34.5 Å². The number of phenolic OH excluding ortho intramolecular Hbond substituents is 5. The van der Waals surface area contributed by atoms with Gasteiger partial charge in [-0.1, -0.05) is 160 Å². The molecule has 10 N–H and O–H groups in total. The van der Waals surface area contributed by atoms with Crippen LogP contribution >= 0.6 is 11.6 Å². The summed E-state index contributed by atoms with van der Waals surface area (Å²) in [6, 6.07) is 52.0. The van der Waals surface area contributed by atoms with E-state index in [0.29, 0.717) is 22.8 Å². The number of hydrogen-bond acceptors (Lipinski definition) is 11. The first kappa shape index (κ1) is 78.4. The Morgan fingerprint density at radius 3 is 1.08 bits per heavy atom. The number of benzene rings is 10. The number of nitrogens with one attached hydrogen (secondary N) is 5. The van der Waals surface area contributed by atoms with Crippen molar-refractivity contribution in [2.24, 2.45) is 0 Å². The highest BCUT2D eigenvalue weighted by atomic mass is 35.5. The van der Waals surface area contributed by atoms with Crippen molar-refractivity contribution >= 4 is 41.1 Å². The number of carbonyl (C=O) groups is 5. The second-order valence-corrected chi connectivity index (χ2v) is 28.6. The van der Waals surface area contributed by atoms with Crippen molar-refractivity contribution in [1.29, 1.82) is 0 Å². The maximum atomic E-state index is 13.3. The van der Waals surface area contributed by atoms with Gasteiger partial charge in [0.05, 0.1) is 65.1 Å². The zero-order valence-electron chi connectivity index (χ0n) is 61.4. The minimum Gasteiger partial charge on any atom is -0.507 e. The van der Waals surface area contributed by atoms with Crippen LogP contribution in [0.15, 0.2) is 182 Å². The number of para-hydroxylation sites is 2. The first-order chi connectivity index (χ1) is 52.0. The van der Waals surface area contributed by atoms with Gasteiger partial charge in [0.25, 0.3) is 29.5 Å². The third kappa shape index (κ3) is 18.7. The molecule has 0 saturated heterocycles. The Hall–Kier alpha value is -11.6.